The van der Waals surface area contributed by atoms with Crippen LogP contribution in [0.3, 0.4) is 0 Å². The number of hydrogen-bond acceptors (Lipinski definition) is 5. The molecule has 0 atom stereocenters. The van der Waals surface area contributed by atoms with Gasteiger partial charge in [0.2, 0.25) is 0 Å². The van der Waals surface area contributed by atoms with Crippen molar-refractivity contribution in [2.75, 3.05) is 18.0 Å². The SMILES string of the molecule is O=C1c2ccccc2C(=O)N1c1nc(CN2CCCC2)nc2ccccc12. The highest BCUT2D eigenvalue weighted by atomic mass is 16.2. The Labute approximate surface area is 156 Å². The largest absolute Gasteiger partial charge is 0.296 e. The van der Waals surface area contributed by atoms with Gasteiger partial charge in [-0.1, -0.05) is 24.3 Å². The monoisotopic (exact) mass is 358 g/mol. The van der Waals surface area contributed by atoms with Crippen LogP contribution in [0.2, 0.25) is 0 Å². The van der Waals surface area contributed by atoms with Crippen LogP contribution in [0.15, 0.2) is 48.5 Å². The number of nitrogens with zero attached hydrogens (tertiary/aromatic N) is 4. The fraction of sp³-hybridized carbons (Fsp3) is 0.238. The molecule has 5 rings (SSSR count). The zero-order chi connectivity index (χ0) is 18.4. The second kappa shape index (κ2) is 6.25. The van der Waals surface area contributed by atoms with Gasteiger partial charge in [0, 0.05) is 5.39 Å². The number of carbonyl (C=O) groups is 2. The predicted octanol–water partition coefficient (Wildman–Crippen LogP) is 3.03. The lowest BCUT2D eigenvalue weighted by atomic mass is 10.1. The van der Waals surface area contributed by atoms with Crippen LogP contribution < -0.4 is 4.90 Å². The molecule has 0 unspecified atom stereocenters. The van der Waals surface area contributed by atoms with Crippen molar-refractivity contribution >= 4 is 28.5 Å². The number of amides is 2. The average molecular weight is 358 g/mol. The second-order valence-electron chi connectivity index (χ2n) is 6.96. The molecule has 2 aromatic carbocycles. The molecule has 2 aliphatic rings. The molecular formula is C21H18N4O2. The predicted molar refractivity (Wildman–Crippen MR) is 102 cm³/mol. The van der Waals surface area contributed by atoms with E-state index in [-0.39, 0.29) is 11.8 Å². The second-order valence-corrected chi connectivity index (χ2v) is 6.96. The number of fused-ring (bicyclic) bond motifs is 2. The highest BCUT2D eigenvalue weighted by Crippen LogP contribution is 2.32. The molecule has 1 aromatic heterocycles. The van der Waals surface area contributed by atoms with Crippen molar-refractivity contribution in [2.24, 2.45) is 0 Å². The first kappa shape index (κ1) is 16.1. The molecule has 0 N–H and O–H groups in total. The third-order valence-electron chi connectivity index (χ3n) is 5.20. The van der Waals surface area contributed by atoms with Crippen molar-refractivity contribution in [1.29, 1.82) is 0 Å². The van der Waals surface area contributed by atoms with E-state index in [2.05, 4.69) is 14.9 Å². The highest BCUT2D eigenvalue weighted by molar-refractivity contribution is 6.35. The number of aromatic nitrogens is 2. The number of para-hydroxylation sites is 1. The number of carbonyl (C=O) groups excluding carboxylic acids is 2. The molecule has 6 nitrogen and oxygen atoms in total. The molecule has 0 radical (unpaired) electrons. The summed E-state index contributed by atoms with van der Waals surface area (Å²) in [6.07, 6.45) is 2.36. The summed E-state index contributed by atoms with van der Waals surface area (Å²) in [7, 11) is 0. The highest BCUT2D eigenvalue weighted by Gasteiger charge is 2.38. The number of hydrogen-bond donors (Lipinski definition) is 0. The maximum Gasteiger partial charge on any atom is 0.267 e. The van der Waals surface area contributed by atoms with Gasteiger partial charge < -0.3 is 0 Å². The smallest absolute Gasteiger partial charge is 0.267 e. The van der Waals surface area contributed by atoms with E-state index in [9.17, 15) is 9.59 Å². The lowest BCUT2D eigenvalue weighted by molar-refractivity contribution is 0.0925. The van der Waals surface area contributed by atoms with E-state index in [1.54, 1.807) is 24.3 Å². The number of benzene rings is 2. The van der Waals surface area contributed by atoms with E-state index >= 15 is 0 Å². The number of likely N-dealkylation sites (tertiary alicyclic amines) is 1. The summed E-state index contributed by atoms with van der Waals surface area (Å²) < 4.78 is 0. The molecule has 27 heavy (non-hydrogen) atoms. The first-order valence-corrected chi connectivity index (χ1v) is 9.18. The van der Waals surface area contributed by atoms with Crippen LogP contribution in [-0.4, -0.2) is 39.8 Å². The summed E-state index contributed by atoms with van der Waals surface area (Å²) in [4.78, 5) is 38.7. The van der Waals surface area contributed by atoms with Gasteiger partial charge in [-0.15, -0.1) is 0 Å². The van der Waals surface area contributed by atoms with E-state index in [0.717, 1.165) is 18.6 Å². The van der Waals surface area contributed by atoms with E-state index in [1.807, 2.05) is 24.3 Å². The van der Waals surface area contributed by atoms with Crippen LogP contribution in [0, 0.1) is 0 Å². The van der Waals surface area contributed by atoms with Crippen molar-refractivity contribution in [1.82, 2.24) is 14.9 Å². The molecule has 6 heteroatoms. The van der Waals surface area contributed by atoms with Gasteiger partial charge in [-0.05, 0) is 50.2 Å². The summed E-state index contributed by atoms with van der Waals surface area (Å²) in [6, 6.07) is 14.4. The van der Waals surface area contributed by atoms with Gasteiger partial charge in [-0.3, -0.25) is 14.5 Å². The summed E-state index contributed by atoms with van der Waals surface area (Å²) in [6.45, 7) is 2.68. The standard InChI is InChI=1S/C21H18N4O2/c26-20-14-7-1-2-8-15(14)21(27)25(20)19-16-9-3-4-10-17(16)22-18(23-19)13-24-11-5-6-12-24/h1-4,7-10H,5-6,11-13H2. The number of imide groups is 1. The van der Waals surface area contributed by atoms with E-state index < -0.39 is 0 Å². The van der Waals surface area contributed by atoms with Crippen LogP contribution in [0.5, 0.6) is 0 Å². The van der Waals surface area contributed by atoms with Crippen LogP contribution in [0.25, 0.3) is 10.9 Å². The van der Waals surface area contributed by atoms with Crippen LogP contribution in [-0.2, 0) is 6.54 Å². The Hall–Kier alpha value is -3.12. The average Bonchev–Trinajstić information content (AvgIpc) is 3.29. The Kier molecular flexibility index (Phi) is 3.72. The molecule has 2 aliphatic heterocycles. The van der Waals surface area contributed by atoms with Crippen molar-refractivity contribution in [3.8, 4) is 0 Å². The number of anilines is 1. The van der Waals surface area contributed by atoms with Gasteiger partial charge in [0.05, 0.1) is 23.2 Å². The zero-order valence-electron chi connectivity index (χ0n) is 14.8. The summed E-state index contributed by atoms with van der Waals surface area (Å²) in [5.74, 6) is 0.362. The summed E-state index contributed by atoms with van der Waals surface area (Å²) >= 11 is 0. The summed E-state index contributed by atoms with van der Waals surface area (Å²) in [5.41, 5.74) is 1.59. The fourth-order valence-electron chi connectivity index (χ4n) is 3.87. The van der Waals surface area contributed by atoms with Gasteiger partial charge in [-0.2, -0.15) is 0 Å². The quantitative estimate of drug-likeness (QED) is 0.673. The van der Waals surface area contributed by atoms with Crippen molar-refractivity contribution in [2.45, 2.75) is 19.4 Å². The first-order chi connectivity index (χ1) is 13.2. The third-order valence-corrected chi connectivity index (χ3v) is 5.20. The van der Waals surface area contributed by atoms with Crippen molar-refractivity contribution in [3.05, 3.63) is 65.5 Å². The van der Waals surface area contributed by atoms with Gasteiger partial charge in [-0.25, -0.2) is 14.9 Å². The maximum absolute atomic E-state index is 12.9. The first-order valence-electron chi connectivity index (χ1n) is 9.18. The van der Waals surface area contributed by atoms with Gasteiger partial charge in [0.15, 0.2) is 5.82 Å². The Morgan fingerprint density at radius 3 is 2.15 bits per heavy atom. The normalized spacial score (nSPS) is 17.1. The summed E-state index contributed by atoms with van der Waals surface area (Å²) in [5, 5.41) is 0.706. The molecule has 2 amide bonds. The minimum absolute atomic E-state index is 0.327. The van der Waals surface area contributed by atoms with Crippen molar-refractivity contribution < 1.29 is 9.59 Å². The minimum atomic E-state index is -0.327. The molecule has 1 fully saturated rings. The molecule has 0 saturated carbocycles. The molecule has 0 aliphatic carbocycles. The molecule has 1 saturated heterocycles. The third kappa shape index (κ3) is 2.61. The van der Waals surface area contributed by atoms with Crippen LogP contribution >= 0.6 is 0 Å². The molecule has 3 heterocycles. The zero-order valence-corrected chi connectivity index (χ0v) is 14.8. The van der Waals surface area contributed by atoms with Gasteiger partial charge in [0.1, 0.15) is 5.82 Å². The molecule has 134 valence electrons. The van der Waals surface area contributed by atoms with Crippen LogP contribution in [0.4, 0.5) is 5.82 Å². The van der Waals surface area contributed by atoms with Gasteiger partial charge >= 0.3 is 0 Å². The number of rotatable bonds is 3. The van der Waals surface area contributed by atoms with E-state index in [1.165, 1.54) is 17.7 Å². The van der Waals surface area contributed by atoms with E-state index in [4.69, 9.17) is 0 Å². The van der Waals surface area contributed by atoms with Crippen molar-refractivity contribution in [3.63, 3.8) is 0 Å². The lowest BCUT2D eigenvalue weighted by Crippen LogP contribution is -2.31. The molecule has 3 aromatic rings. The minimum Gasteiger partial charge on any atom is -0.296 e. The Balaban J connectivity index is 1.64. The Morgan fingerprint density at radius 1 is 0.815 bits per heavy atom. The molecule has 0 spiro atoms. The Morgan fingerprint density at radius 2 is 1.44 bits per heavy atom. The van der Waals surface area contributed by atoms with Gasteiger partial charge in [0.25, 0.3) is 11.8 Å². The topological polar surface area (TPSA) is 66.4 Å². The fourth-order valence-corrected chi connectivity index (χ4v) is 3.87. The lowest BCUT2D eigenvalue weighted by Gasteiger charge is -2.18. The molecule has 0 bridgehead atoms. The Bertz CT molecular complexity index is 1040. The maximum atomic E-state index is 12.9. The van der Waals surface area contributed by atoms with E-state index in [0.29, 0.717) is 34.7 Å². The molecular weight excluding hydrogens is 340 g/mol. The van der Waals surface area contributed by atoms with Crippen LogP contribution in [0.1, 0.15) is 39.4 Å².